The second-order valence-corrected chi connectivity index (χ2v) is 7.73. The fourth-order valence-electron chi connectivity index (χ4n) is 4.48. The van der Waals surface area contributed by atoms with Crippen molar-refractivity contribution < 1.29 is 14.6 Å². The molecule has 0 amide bonds. The molecule has 27 heavy (non-hydrogen) atoms. The van der Waals surface area contributed by atoms with Crippen LogP contribution < -0.4 is 10.5 Å². The van der Waals surface area contributed by atoms with Gasteiger partial charge in [0.25, 0.3) is 0 Å². The first-order valence-electron chi connectivity index (χ1n) is 9.39. The van der Waals surface area contributed by atoms with Crippen molar-refractivity contribution in [2.75, 3.05) is 0 Å². The summed E-state index contributed by atoms with van der Waals surface area (Å²) < 4.78 is 6.24. The number of carboxylic acids is 1. The molecule has 0 heterocycles. The molecule has 0 aliphatic heterocycles. The molecule has 0 radical (unpaired) electrons. The van der Waals surface area contributed by atoms with Gasteiger partial charge in [-0.05, 0) is 71.5 Å². The molecule has 1 unspecified atom stereocenters. The Kier molecular flexibility index (Phi) is 3.52. The number of carbonyl (C=O) groups is 1. The minimum absolute atomic E-state index is 0.332. The van der Waals surface area contributed by atoms with Gasteiger partial charge in [0, 0.05) is 11.8 Å². The average molecular weight is 359 g/mol. The number of fused-ring (bicyclic) bond motifs is 1. The molecule has 0 fully saturated rings. The zero-order valence-electron chi connectivity index (χ0n) is 15.0. The molecule has 2 aliphatic rings. The first-order valence-corrected chi connectivity index (χ1v) is 9.39. The molecule has 1 atom stereocenters. The van der Waals surface area contributed by atoms with E-state index >= 15 is 0 Å². The molecule has 0 bridgehead atoms. The van der Waals surface area contributed by atoms with Crippen molar-refractivity contribution in [3.8, 4) is 11.5 Å². The van der Waals surface area contributed by atoms with Gasteiger partial charge in [-0.3, -0.25) is 4.79 Å². The lowest BCUT2D eigenvalue weighted by molar-refractivity contribution is -0.143. The van der Waals surface area contributed by atoms with Crippen molar-refractivity contribution in [1.29, 1.82) is 0 Å². The van der Waals surface area contributed by atoms with Gasteiger partial charge >= 0.3 is 5.97 Å². The van der Waals surface area contributed by atoms with Crippen LogP contribution in [-0.4, -0.2) is 16.6 Å². The third-order valence-corrected chi connectivity index (χ3v) is 6.01. The Labute approximate surface area is 157 Å². The fourth-order valence-corrected chi connectivity index (χ4v) is 4.48. The highest BCUT2D eigenvalue weighted by atomic mass is 16.5. The predicted molar refractivity (Wildman–Crippen MR) is 104 cm³/mol. The number of ether oxygens (including phenoxy) is 1. The topological polar surface area (TPSA) is 72.6 Å². The van der Waals surface area contributed by atoms with Gasteiger partial charge in [0.05, 0.1) is 0 Å². The Bertz CT molecular complexity index is 1080. The minimum Gasteiger partial charge on any atom is -0.480 e. The summed E-state index contributed by atoms with van der Waals surface area (Å²) in [5, 5.41) is 11.9. The van der Waals surface area contributed by atoms with E-state index in [1.54, 1.807) is 0 Å². The molecular formula is C23H21NO3. The summed E-state index contributed by atoms with van der Waals surface area (Å²) in [6, 6.07) is 16.5. The summed E-state index contributed by atoms with van der Waals surface area (Å²) in [5.74, 6) is 0.625. The molecule has 4 heteroatoms. The zero-order valence-corrected chi connectivity index (χ0v) is 15.0. The van der Waals surface area contributed by atoms with E-state index in [2.05, 4.69) is 24.3 Å². The Morgan fingerprint density at radius 1 is 0.963 bits per heavy atom. The van der Waals surface area contributed by atoms with E-state index in [4.69, 9.17) is 10.5 Å². The Morgan fingerprint density at radius 2 is 1.74 bits per heavy atom. The molecule has 5 rings (SSSR count). The summed E-state index contributed by atoms with van der Waals surface area (Å²) in [5.41, 5.74) is 9.80. The largest absolute Gasteiger partial charge is 0.480 e. The maximum absolute atomic E-state index is 11.5. The van der Waals surface area contributed by atoms with Gasteiger partial charge in [0.1, 0.15) is 17.0 Å². The van der Waals surface area contributed by atoms with E-state index in [1.807, 2.05) is 24.3 Å². The molecule has 3 N–H and O–H groups in total. The second-order valence-electron chi connectivity index (χ2n) is 7.73. The Balaban J connectivity index is 1.51. The van der Waals surface area contributed by atoms with Gasteiger partial charge in [-0.15, -0.1) is 0 Å². The molecule has 3 aromatic rings. The third kappa shape index (κ3) is 2.60. The van der Waals surface area contributed by atoms with Gasteiger partial charge in [-0.25, -0.2) is 0 Å². The van der Waals surface area contributed by atoms with E-state index < -0.39 is 11.5 Å². The smallest absolute Gasteiger partial charge is 0.324 e. The number of carboxylic acid groups (broad SMARTS) is 1. The van der Waals surface area contributed by atoms with E-state index in [1.165, 1.54) is 16.5 Å². The minimum atomic E-state index is -1.19. The highest BCUT2D eigenvalue weighted by Crippen LogP contribution is 2.39. The molecule has 0 saturated heterocycles. The first kappa shape index (κ1) is 16.3. The van der Waals surface area contributed by atoms with Gasteiger partial charge < -0.3 is 15.6 Å². The Morgan fingerprint density at radius 3 is 2.56 bits per heavy atom. The number of aryl methyl sites for hydroxylation is 3. The SMILES string of the molecule is NC1(C(=O)O)CCc2ccc(Oc3ccc4c5c(cccc35)CC4)cc2C1. The highest BCUT2D eigenvalue weighted by molar-refractivity contribution is 5.95. The molecule has 0 aromatic heterocycles. The van der Waals surface area contributed by atoms with Crippen LogP contribution in [0.4, 0.5) is 0 Å². The summed E-state index contributed by atoms with van der Waals surface area (Å²) in [7, 11) is 0. The fraction of sp³-hybridized carbons (Fsp3) is 0.261. The lowest BCUT2D eigenvalue weighted by atomic mass is 9.78. The van der Waals surface area contributed by atoms with Crippen LogP contribution in [0.5, 0.6) is 11.5 Å². The molecule has 0 saturated carbocycles. The number of benzene rings is 3. The zero-order chi connectivity index (χ0) is 18.6. The lowest BCUT2D eigenvalue weighted by Crippen LogP contribution is -2.52. The van der Waals surface area contributed by atoms with Crippen molar-refractivity contribution in [2.24, 2.45) is 5.73 Å². The van der Waals surface area contributed by atoms with Crippen LogP contribution in [0, 0.1) is 0 Å². The number of hydrogen-bond donors (Lipinski definition) is 2. The number of nitrogens with two attached hydrogens (primary N) is 1. The van der Waals surface area contributed by atoms with Crippen molar-refractivity contribution >= 4 is 16.7 Å². The Hall–Kier alpha value is -2.85. The van der Waals surface area contributed by atoms with Crippen LogP contribution in [-0.2, 0) is 30.5 Å². The quantitative estimate of drug-likeness (QED) is 0.741. The van der Waals surface area contributed by atoms with Crippen molar-refractivity contribution in [3.05, 3.63) is 70.8 Å². The van der Waals surface area contributed by atoms with Crippen LogP contribution >= 0.6 is 0 Å². The van der Waals surface area contributed by atoms with E-state index in [-0.39, 0.29) is 0 Å². The van der Waals surface area contributed by atoms with Crippen molar-refractivity contribution in [1.82, 2.24) is 0 Å². The standard InChI is InChI=1S/C23H21NO3/c24-23(22(25)26)11-10-14-6-8-18(12-17(14)13-23)27-20-9-7-16-5-4-15-2-1-3-19(20)21(15)16/h1-3,6-9,12H,4-5,10-11,13,24H2,(H,25,26). The summed E-state index contributed by atoms with van der Waals surface area (Å²) >= 11 is 0. The maximum atomic E-state index is 11.5. The predicted octanol–water partition coefficient (Wildman–Crippen LogP) is 4.00. The molecule has 136 valence electrons. The van der Waals surface area contributed by atoms with Gasteiger partial charge in [-0.1, -0.05) is 30.3 Å². The first-order chi connectivity index (χ1) is 13.0. The second kappa shape index (κ2) is 5.83. The van der Waals surface area contributed by atoms with Crippen molar-refractivity contribution in [2.45, 2.75) is 37.6 Å². The third-order valence-electron chi connectivity index (χ3n) is 6.01. The van der Waals surface area contributed by atoms with E-state index in [9.17, 15) is 9.90 Å². The van der Waals surface area contributed by atoms with E-state index in [0.29, 0.717) is 19.3 Å². The van der Waals surface area contributed by atoms with Gasteiger partial charge in [0.2, 0.25) is 0 Å². The van der Waals surface area contributed by atoms with E-state index in [0.717, 1.165) is 40.9 Å². The molecular weight excluding hydrogens is 338 g/mol. The average Bonchev–Trinajstić information content (AvgIpc) is 3.08. The van der Waals surface area contributed by atoms with Crippen LogP contribution in [0.15, 0.2) is 48.5 Å². The van der Waals surface area contributed by atoms with Crippen LogP contribution in [0.1, 0.15) is 28.7 Å². The normalized spacial score (nSPS) is 20.5. The number of hydrogen-bond acceptors (Lipinski definition) is 3. The summed E-state index contributed by atoms with van der Waals surface area (Å²) in [4.78, 5) is 11.5. The maximum Gasteiger partial charge on any atom is 0.324 e. The molecule has 4 nitrogen and oxygen atoms in total. The van der Waals surface area contributed by atoms with Crippen molar-refractivity contribution in [3.63, 3.8) is 0 Å². The van der Waals surface area contributed by atoms with Crippen LogP contribution in [0.3, 0.4) is 0 Å². The summed E-state index contributed by atoms with van der Waals surface area (Å²) in [6.45, 7) is 0. The lowest BCUT2D eigenvalue weighted by Gasteiger charge is -2.31. The highest BCUT2D eigenvalue weighted by Gasteiger charge is 2.37. The van der Waals surface area contributed by atoms with Gasteiger partial charge in [-0.2, -0.15) is 0 Å². The molecule has 3 aromatic carbocycles. The monoisotopic (exact) mass is 359 g/mol. The summed E-state index contributed by atoms with van der Waals surface area (Å²) in [6.07, 6.45) is 3.65. The van der Waals surface area contributed by atoms with Gasteiger partial charge in [0.15, 0.2) is 0 Å². The van der Waals surface area contributed by atoms with Crippen LogP contribution in [0.25, 0.3) is 10.8 Å². The molecule has 0 spiro atoms. The molecule has 2 aliphatic carbocycles. The number of aliphatic carboxylic acids is 1. The van der Waals surface area contributed by atoms with Crippen LogP contribution in [0.2, 0.25) is 0 Å². The number of rotatable bonds is 3.